The van der Waals surface area contributed by atoms with E-state index in [1.165, 1.54) is 17.4 Å². The normalized spacial score (nSPS) is 13.0. The van der Waals surface area contributed by atoms with E-state index in [-0.39, 0.29) is 16.4 Å². The average Bonchev–Trinajstić information content (AvgIpc) is 3.13. The predicted octanol–water partition coefficient (Wildman–Crippen LogP) is 5.65. The highest BCUT2D eigenvalue weighted by Crippen LogP contribution is 2.37. The predicted molar refractivity (Wildman–Crippen MR) is 85.7 cm³/mol. The molecule has 3 nitrogen and oxygen atoms in total. The maximum Gasteiger partial charge on any atom is 0.412 e. The van der Waals surface area contributed by atoms with Gasteiger partial charge < -0.3 is 5.32 Å². The highest BCUT2D eigenvalue weighted by molar-refractivity contribution is 7.13. The number of benzene rings is 1. The van der Waals surface area contributed by atoms with Gasteiger partial charge in [-0.15, -0.1) is 11.3 Å². The Morgan fingerprint density at radius 2 is 2.00 bits per heavy atom. The molecule has 2 N–H and O–H groups in total. The van der Waals surface area contributed by atoms with Crippen molar-refractivity contribution in [2.45, 2.75) is 12.2 Å². The molecule has 0 aliphatic carbocycles. The van der Waals surface area contributed by atoms with Crippen LogP contribution < -0.4 is 5.32 Å². The molecule has 126 valence electrons. The third-order valence-corrected chi connectivity index (χ3v) is 4.32. The van der Waals surface area contributed by atoms with Crippen molar-refractivity contribution in [3.63, 3.8) is 0 Å². The van der Waals surface area contributed by atoms with E-state index in [1.54, 1.807) is 0 Å². The molecule has 2 heterocycles. The summed E-state index contributed by atoms with van der Waals surface area (Å²) in [5.74, 6) is -0.837. The minimum Gasteiger partial charge on any atom is -0.354 e. The number of hydrogen-bond donors (Lipinski definition) is 2. The van der Waals surface area contributed by atoms with E-state index in [0.717, 1.165) is 23.1 Å². The van der Waals surface area contributed by atoms with E-state index in [1.807, 2.05) is 17.5 Å². The van der Waals surface area contributed by atoms with Gasteiger partial charge in [0.2, 0.25) is 0 Å². The van der Waals surface area contributed by atoms with Gasteiger partial charge in [0.05, 0.1) is 10.6 Å². The summed E-state index contributed by atoms with van der Waals surface area (Å²) in [5, 5.41) is 10.5. The third kappa shape index (κ3) is 3.70. The van der Waals surface area contributed by atoms with Crippen molar-refractivity contribution in [2.24, 2.45) is 0 Å². The first-order valence-electron chi connectivity index (χ1n) is 6.71. The highest BCUT2D eigenvalue weighted by Gasteiger charge is 2.41. The minimum absolute atomic E-state index is 0.00103. The standard InChI is InChI=1S/C15H10ClF4N3S/c16-9-4-8(5-10(17)6-9)14(15(18,19)20)21-13-7-11(22-23-13)12-2-1-3-24-12/h1-7,14H,(H2,21,22,23). The molecule has 1 atom stereocenters. The fourth-order valence-electron chi connectivity index (χ4n) is 2.20. The van der Waals surface area contributed by atoms with Gasteiger partial charge in [0.15, 0.2) is 0 Å². The van der Waals surface area contributed by atoms with E-state index in [4.69, 9.17) is 11.6 Å². The van der Waals surface area contributed by atoms with Crippen LogP contribution in [0.25, 0.3) is 10.6 Å². The molecule has 3 rings (SSSR count). The van der Waals surface area contributed by atoms with Gasteiger partial charge in [0.25, 0.3) is 0 Å². The number of hydrogen-bond acceptors (Lipinski definition) is 3. The number of thiophene rings is 1. The Balaban J connectivity index is 1.91. The third-order valence-electron chi connectivity index (χ3n) is 3.20. The van der Waals surface area contributed by atoms with Gasteiger partial charge in [0.1, 0.15) is 17.7 Å². The van der Waals surface area contributed by atoms with Crippen LogP contribution in [0.5, 0.6) is 0 Å². The van der Waals surface area contributed by atoms with Gasteiger partial charge >= 0.3 is 6.18 Å². The summed E-state index contributed by atoms with van der Waals surface area (Å²) in [7, 11) is 0. The van der Waals surface area contributed by atoms with E-state index in [2.05, 4.69) is 15.5 Å². The Labute approximate surface area is 143 Å². The molecule has 0 amide bonds. The van der Waals surface area contributed by atoms with Crippen LogP contribution in [0, 0.1) is 5.82 Å². The van der Waals surface area contributed by atoms with Crippen LogP contribution in [0.15, 0.2) is 41.8 Å². The number of rotatable bonds is 4. The summed E-state index contributed by atoms with van der Waals surface area (Å²) in [6, 6.07) is 5.78. The summed E-state index contributed by atoms with van der Waals surface area (Å²) >= 11 is 7.09. The van der Waals surface area contributed by atoms with Crippen LogP contribution >= 0.6 is 22.9 Å². The number of aromatic nitrogens is 2. The molecule has 9 heteroatoms. The second-order valence-corrected chi connectivity index (χ2v) is 6.35. The fourth-order valence-corrected chi connectivity index (χ4v) is 3.12. The molecule has 3 aromatic rings. The molecular formula is C15H10ClF4N3S. The topological polar surface area (TPSA) is 40.7 Å². The summed E-state index contributed by atoms with van der Waals surface area (Å²) in [6.45, 7) is 0. The lowest BCUT2D eigenvalue weighted by Gasteiger charge is -2.22. The van der Waals surface area contributed by atoms with Crippen molar-refractivity contribution in [1.82, 2.24) is 10.2 Å². The molecule has 0 saturated heterocycles. The zero-order chi connectivity index (χ0) is 17.3. The van der Waals surface area contributed by atoms with Crippen LogP contribution in [0.2, 0.25) is 5.02 Å². The molecule has 0 aliphatic rings. The van der Waals surface area contributed by atoms with Gasteiger partial charge in [-0.05, 0) is 35.2 Å². The Morgan fingerprint density at radius 3 is 2.62 bits per heavy atom. The number of halogens is 5. The SMILES string of the molecule is Fc1cc(Cl)cc(C(Nc2cc(-c3cccs3)[nH]n2)C(F)(F)F)c1. The van der Waals surface area contributed by atoms with Crippen molar-refractivity contribution in [3.8, 4) is 10.6 Å². The van der Waals surface area contributed by atoms with Crippen molar-refractivity contribution >= 4 is 28.8 Å². The molecule has 24 heavy (non-hydrogen) atoms. The van der Waals surface area contributed by atoms with Crippen LogP contribution in [-0.4, -0.2) is 16.4 Å². The lowest BCUT2D eigenvalue weighted by Crippen LogP contribution is -2.28. The number of alkyl halides is 3. The van der Waals surface area contributed by atoms with Gasteiger partial charge in [0, 0.05) is 11.1 Å². The zero-order valence-electron chi connectivity index (χ0n) is 11.9. The molecule has 0 radical (unpaired) electrons. The van der Waals surface area contributed by atoms with Crippen molar-refractivity contribution in [2.75, 3.05) is 5.32 Å². The van der Waals surface area contributed by atoms with Gasteiger partial charge in [-0.3, -0.25) is 5.10 Å². The Bertz CT molecular complexity index is 809. The highest BCUT2D eigenvalue weighted by atomic mass is 35.5. The number of anilines is 1. The zero-order valence-corrected chi connectivity index (χ0v) is 13.4. The van der Waals surface area contributed by atoms with Crippen LogP contribution in [0.3, 0.4) is 0 Å². The Morgan fingerprint density at radius 1 is 1.21 bits per heavy atom. The first-order valence-corrected chi connectivity index (χ1v) is 7.97. The summed E-state index contributed by atoms with van der Waals surface area (Å²) in [6.07, 6.45) is -4.65. The lowest BCUT2D eigenvalue weighted by atomic mass is 10.1. The van der Waals surface area contributed by atoms with Crippen LogP contribution in [-0.2, 0) is 0 Å². The van der Waals surface area contributed by atoms with Gasteiger partial charge in [-0.1, -0.05) is 17.7 Å². The number of nitrogens with one attached hydrogen (secondary N) is 2. The lowest BCUT2D eigenvalue weighted by molar-refractivity contribution is -0.144. The van der Waals surface area contributed by atoms with E-state index >= 15 is 0 Å². The second kappa shape index (κ2) is 6.45. The average molecular weight is 376 g/mol. The van der Waals surface area contributed by atoms with Crippen molar-refractivity contribution in [3.05, 3.63) is 58.2 Å². The Hall–Kier alpha value is -2.06. The summed E-state index contributed by atoms with van der Waals surface area (Å²) in [5.41, 5.74) is 0.263. The van der Waals surface area contributed by atoms with E-state index in [9.17, 15) is 17.6 Å². The smallest absolute Gasteiger partial charge is 0.354 e. The molecule has 1 aromatic carbocycles. The fraction of sp³-hybridized carbons (Fsp3) is 0.133. The van der Waals surface area contributed by atoms with Gasteiger partial charge in [-0.2, -0.15) is 18.3 Å². The number of H-pyrrole nitrogens is 1. The van der Waals surface area contributed by atoms with Crippen LogP contribution in [0.4, 0.5) is 23.4 Å². The van der Waals surface area contributed by atoms with E-state index in [0.29, 0.717) is 5.69 Å². The molecule has 0 saturated carbocycles. The molecular weight excluding hydrogens is 366 g/mol. The van der Waals surface area contributed by atoms with Gasteiger partial charge in [-0.25, -0.2) is 4.39 Å². The van der Waals surface area contributed by atoms with E-state index < -0.39 is 18.0 Å². The van der Waals surface area contributed by atoms with Crippen molar-refractivity contribution < 1.29 is 17.6 Å². The summed E-state index contributed by atoms with van der Waals surface area (Å²) in [4.78, 5) is 0.841. The first kappa shape index (κ1) is 16.8. The van der Waals surface area contributed by atoms with Crippen molar-refractivity contribution in [1.29, 1.82) is 0 Å². The summed E-state index contributed by atoms with van der Waals surface area (Å²) < 4.78 is 53.5. The number of nitrogens with zero attached hydrogens (tertiary/aromatic N) is 1. The molecule has 0 spiro atoms. The minimum atomic E-state index is -4.65. The molecule has 1 unspecified atom stereocenters. The maximum absolute atomic E-state index is 13.4. The molecule has 0 aliphatic heterocycles. The second-order valence-electron chi connectivity index (χ2n) is 4.97. The largest absolute Gasteiger partial charge is 0.412 e. The first-order chi connectivity index (χ1) is 11.3. The Kier molecular flexibility index (Phi) is 4.51. The number of aromatic amines is 1. The quantitative estimate of drug-likeness (QED) is 0.579. The monoisotopic (exact) mass is 375 g/mol. The molecule has 0 fully saturated rings. The molecule has 0 bridgehead atoms. The molecule has 2 aromatic heterocycles. The maximum atomic E-state index is 13.4. The van der Waals surface area contributed by atoms with Crippen LogP contribution in [0.1, 0.15) is 11.6 Å².